The second-order valence-electron chi connectivity index (χ2n) is 6.93. The van der Waals surface area contributed by atoms with E-state index < -0.39 is 55.1 Å². The molecular formula is C19H16ClF5N2O3S. The van der Waals surface area contributed by atoms with E-state index in [1.807, 2.05) is 0 Å². The molecule has 0 radical (unpaired) electrons. The molecule has 0 aromatic heterocycles. The number of halogens is 6. The maximum absolute atomic E-state index is 13.9. The fraction of sp³-hybridized carbons (Fsp3) is 0.316. The van der Waals surface area contributed by atoms with Gasteiger partial charge in [0.1, 0.15) is 16.5 Å². The van der Waals surface area contributed by atoms with E-state index >= 15 is 0 Å². The first kappa shape index (κ1) is 23.4. The van der Waals surface area contributed by atoms with E-state index in [1.165, 1.54) is 6.07 Å². The number of benzene rings is 2. The first-order valence-electron chi connectivity index (χ1n) is 9.02. The average molecular weight is 483 g/mol. The van der Waals surface area contributed by atoms with Crippen molar-refractivity contribution in [2.45, 2.75) is 23.9 Å². The quantitative estimate of drug-likeness (QED) is 0.644. The van der Waals surface area contributed by atoms with Gasteiger partial charge in [0.05, 0.1) is 10.6 Å². The molecule has 1 aliphatic rings. The molecule has 2 aromatic carbocycles. The number of alkyl halides is 3. The van der Waals surface area contributed by atoms with Gasteiger partial charge >= 0.3 is 6.18 Å². The molecule has 1 amide bonds. The highest BCUT2D eigenvalue weighted by Gasteiger charge is 2.35. The first-order chi connectivity index (χ1) is 14.4. The van der Waals surface area contributed by atoms with Crippen molar-refractivity contribution in [2.75, 3.05) is 18.4 Å². The second-order valence-corrected chi connectivity index (χ2v) is 9.25. The normalized spacial score (nSPS) is 16.3. The number of anilines is 1. The zero-order valence-electron chi connectivity index (χ0n) is 15.7. The van der Waals surface area contributed by atoms with Crippen LogP contribution in [0, 0.1) is 17.6 Å². The highest BCUT2D eigenvalue weighted by Crippen LogP contribution is 2.36. The smallest absolute Gasteiger partial charge is 0.326 e. The van der Waals surface area contributed by atoms with E-state index in [4.69, 9.17) is 11.6 Å². The van der Waals surface area contributed by atoms with Crippen LogP contribution in [0.1, 0.15) is 18.4 Å². The van der Waals surface area contributed by atoms with Gasteiger partial charge in [0.2, 0.25) is 15.9 Å². The van der Waals surface area contributed by atoms with Crippen molar-refractivity contribution in [3.8, 4) is 0 Å². The van der Waals surface area contributed by atoms with Crippen LogP contribution < -0.4 is 5.32 Å². The number of rotatable bonds is 4. The molecular weight excluding hydrogens is 467 g/mol. The number of carbonyl (C=O) groups is 1. The average Bonchev–Trinajstić information content (AvgIpc) is 2.70. The molecule has 0 spiro atoms. The summed E-state index contributed by atoms with van der Waals surface area (Å²) in [4.78, 5) is 11.6. The van der Waals surface area contributed by atoms with E-state index in [9.17, 15) is 35.2 Å². The molecule has 0 atom stereocenters. The Morgan fingerprint density at radius 1 is 1.06 bits per heavy atom. The highest BCUT2D eigenvalue weighted by atomic mass is 35.5. The maximum Gasteiger partial charge on any atom is 0.417 e. The van der Waals surface area contributed by atoms with Gasteiger partial charge in [-0.25, -0.2) is 17.2 Å². The predicted molar refractivity (Wildman–Crippen MR) is 103 cm³/mol. The Hall–Kier alpha value is -2.24. The molecule has 1 N–H and O–H groups in total. The molecule has 5 nitrogen and oxygen atoms in total. The number of hydrogen-bond donors (Lipinski definition) is 1. The molecule has 1 fully saturated rings. The first-order valence-corrected chi connectivity index (χ1v) is 10.8. The van der Waals surface area contributed by atoms with Gasteiger partial charge in [0, 0.05) is 24.7 Å². The summed E-state index contributed by atoms with van der Waals surface area (Å²) in [5.41, 5.74) is -1.19. The van der Waals surface area contributed by atoms with Crippen LogP contribution in [-0.2, 0) is 21.0 Å². The molecule has 1 heterocycles. The molecule has 1 saturated heterocycles. The number of nitrogens with zero attached hydrogens (tertiary/aromatic N) is 1. The van der Waals surface area contributed by atoms with Crippen molar-refractivity contribution in [1.82, 2.24) is 4.31 Å². The Bertz CT molecular complexity index is 1100. The van der Waals surface area contributed by atoms with E-state index in [1.54, 1.807) is 0 Å². The number of nitrogens with one attached hydrogen (secondary N) is 1. The number of amides is 1. The maximum atomic E-state index is 13.9. The van der Waals surface area contributed by atoms with Gasteiger partial charge in [-0.2, -0.15) is 17.5 Å². The van der Waals surface area contributed by atoms with Gasteiger partial charge in [0.25, 0.3) is 0 Å². The van der Waals surface area contributed by atoms with E-state index in [0.29, 0.717) is 18.2 Å². The van der Waals surface area contributed by atoms with Crippen LogP contribution in [0.2, 0.25) is 5.02 Å². The number of hydrogen-bond acceptors (Lipinski definition) is 3. The predicted octanol–water partition coefficient (Wildman–Crippen LogP) is 4.68. The summed E-state index contributed by atoms with van der Waals surface area (Å²) in [6.07, 6.45) is -4.58. The van der Waals surface area contributed by atoms with Gasteiger partial charge in [-0.05, 0) is 49.2 Å². The minimum Gasteiger partial charge on any atom is -0.326 e. The Balaban J connectivity index is 1.67. The van der Waals surface area contributed by atoms with Crippen LogP contribution in [0.25, 0.3) is 0 Å². The Morgan fingerprint density at radius 3 is 2.32 bits per heavy atom. The van der Waals surface area contributed by atoms with Crippen molar-refractivity contribution < 1.29 is 35.2 Å². The Kier molecular flexibility index (Phi) is 6.59. The molecule has 2 aromatic rings. The molecule has 0 aliphatic carbocycles. The summed E-state index contributed by atoms with van der Waals surface area (Å²) in [6.45, 7) is -0.268. The summed E-state index contributed by atoms with van der Waals surface area (Å²) < 4.78 is 92.3. The van der Waals surface area contributed by atoms with Crippen LogP contribution in [0.3, 0.4) is 0 Å². The lowest BCUT2D eigenvalue weighted by Crippen LogP contribution is -2.41. The molecule has 168 valence electrons. The summed E-state index contributed by atoms with van der Waals surface area (Å²) in [5, 5.41) is 1.87. The van der Waals surface area contributed by atoms with Crippen LogP contribution in [0.5, 0.6) is 0 Å². The monoisotopic (exact) mass is 482 g/mol. The van der Waals surface area contributed by atoms with Crippen molar-refractivity contribution in [1.29, 1.82) is 0 Å². The zero-order valence-corrected chi connectivity index (χ0v) is 17.3. The summed E-state index contributed by atoms with van der Waals surface area (Å²) in [7, 11) is -4.30. The Labute approximate surface area is 179 Å². The fourth-order valence-corrected chi connectivity index (χ4v) is 5.01. The number of sulfonamides is 1. The third-order valence-corrected chi connectivity index (χ3v) is 7.12. The molecule has 12 heteroatoms. The summed E-state index contributed by atoms with van der Waals surface area (Å²) >= 11 is 5.55. The van der Waals surface area contributed by atoms with Gasteiger partial charge < -0.3 is 5.32 Å². The molecule has 1 aliphatic heterocycles. The third-order valence-electron chi connectivity index (χ3n) is 4.88. The van der Waals surface area contributed by atoms with Crippen LogP contribution in [-0.4, -0.2) is 31.7 Å². The van der Waals surface area contributed by atoms with Crippen molar-refractivity contribution in [3.05, 3.63) is 58.6 Å². The van der Waals surface area contributed by atoms with Crippen molar-refractivity contribution >= 4 is 33.2 Å². The number of carbonyl (C=O) groups excluding carboxylic acids is 1. The van der Waals surface area contributed by atoms with Crippen LogP contribution in [0.15, 0.2) is 41.3 Å². The van der Waals surface area contributed by atoms with E-state index in [-0.39, 0.29) is 31.6 Å². The fourth-order valence-electron chi connectivity index (χ4n) is 3.24. The third kappa shape index (κ3) is 5.16. The lowest BCUT2D eigenvalue weighted by Gasteiger charge is -2.30. The van der Waals surface area contributed by atoms with E-state index in [0.717, 1.165) is 16.4 Å². The van der Waals surface area contributed by atoms with E-state index in [2.05, 4.69) is 5.32 Å². The molecule has 3 rings (SSSR count). The Morgan fingerprint density at radius 2 is 1.71 bits per heavy atom. The largest absolute Gasteiger partial charge is 0.417 e. The summed E-state index contributed by atoms with van der Waals surface area (Å²) in [5.74, 6) is -3.25. The minimum absolute atomic E-state index is 0.0573. The molecule has 0 bridgehead atoms. The molecule has 0 saturated carbocycles. The lowest BCUT2D eigenvalue weighted by atomic mass is 9.97. The van der Waals surface area contributed by atoms with Gasteiger partial charge in [-0.3, -0.25) is 4.79 Å². The van der Waals surface area contributed by atoms with Gasteiger partial charge in [0.15, 0.2) is 0 Å². The molecule has 0 unspecified atom stereocenters. The van der Waals surface area contributed by atoms with Crippen molar-refractivity contribution in [2.24, 2.45) is 5.92 Å². The topological polar surface area (TPSA) is 66.5 Å². The second kappa shape index (κ2) is 8.71. The highest BCUT2D eigenvalue weighted by molar-refractivity contribution is 7.89. The molecule has 31 heavy (non-hydrogen) atoms. The lowest BCUT2D eigenvalue weighted by molar-refractivity contribution is -0.137. The van der Waals surface area contributed by atoms with Crippen LogP contribution in [0.4, 0.5) is 27.6 Å². The zero-order chi connectivity index (χ0) is 23.0. The SMILES string of the molecule is O=C(Nc1ccc(Cl)c(C(F)(F)F)c1)C1CCN(S(=O)(=O)c2cc(F)ccc2F)CC1. The van der Waals surface area contributed by atoms with Crippen LogP contribution >= 0.6 is 11.6 Å². The van der Waals surface area contributed by atoms with Crippen molar-refractivity contribution in [3.63, 3.8) is 0 Å². The minimum atomic E-state index is -4.69. The summed E-state index contributed by atoms with van der Waals surface area (Å²) in [6, 6.07) is 5.05. The van der Waals surface area contributed by atoms with Gasteiger partial charge in [-0.15, -0.1) is 0 Å². The standard InChI is InChI=1S/C19H16ClF5N2O3S/c20-15-3-2-13(10-14(15)19(23,24)25)26-18(28)11-5-7-27(8-6-11)31(29,30)17-9-12(21)1-4-16(17)22/h1-4,9-11H,5-8H2,(H,26,28). The van der Waals surface area contributed by atoms with Gasteiger partial charge in [-0.1, -0.05) is 11.6 Å². The number of piperidine rings is 1.